The molecule has 30 heavy (non-hydrogen) atoms. The highest BCUT2D eigenvalue weighted by molar-refractivity contribution is 6.04. The van der Waals surface area contributed by atoms with E-state index >= 15 is 0 Å². The molecule has 0 aliphatic carbocycles. The Kier molecular flexibility index (Phi) is 14.1. The zero-order valence-electron chi connectivity index (χ0n) is 18.6. The molecule has 168 valence electrons. The summed E-state index contributed by atoms with van der Waals surface area (Å²) >= 11 is 0. The van der Waals surface area contributed by atoms with Crippen molar-refractivity contribution in [1.82, 2.24) is 0 Å². The first-order valence-corrected chi connectivity index (χ1v) is 10.5. The van der Waals surface area contributed by atoms with Gasteiger partial charge in [0, 0.05) is 11.3 Å². The van der Waals surface area contributed by atoms with Crippen molar-refractivity contribution in [3.63, 3.8) is 0 Å². The van der Waals surface area contributed by atoms with Crippen molar-refractivity contribution >= 4 is 11.6 Å². The fraction of sp³-hybridized carbons (Fsp3) is 0.458. The van der Waals surface area contributed by atoms with Crippen molar-refractivity contribution in [3.8, 4) is 5.75 Å². The molecule has 2 aromatic rings. The molecule has 0 spiro atoms. The molecule has 0 bridgehead atoms. The third-order valence-electron chi connectivity index (χ3n) is 3.90. The number of anilines is 1. The molecule has 0 saturated heterocycles. The molecule has 0 unspecified atom stereocenters. The smallest absolute Gasteiger partial charge is 0.406 e. The lowest BCUT2D eigenvalue weighted by Gasteiger charge is -2.10. The summed E-state index contributed by atoms with van der Waals surface area (Å²) in [6.45, 7) is 10.5. The number of carbonyl (C=O) groups is 1. The maximum atomic E-state index is 12.1. The van der Waals surface area contributed by atoms with Crippen LogP contribution in [0.15, 0.2) is 48.5 Å². The van der Waals surface area contributed by atoms with Crippen LogP contribution < -0.4 is 10.1 Å². The van der Waals surface area contributed by atoms with Gasteiger partial charge in [-0.05, 0) is 48.4 Å². The number of ether oxygens (including phenoxy) is 1. The van der Waals surface area contributed by atoms with Crippen molar-refractivity contribution in [2.24, 2.45) is 0 Å². The van der Waals surface area contributed by atoms with Crippen LogP contribution in [0.2, 0.25) is 0 Å². The quantitative estimate of drug-likeness (QED) is 0.456. The van der Waals surface area contributed by atoms with Crippen LogP contribution in [-0.2, 0) is 6.42 Å². The van der Waals surface area contributed by atoms with Crippen molar-refractivity contribution in [2.75, 3.05) is 5.32 Å². The number of rotatable bonds is 7. The van der Waals surface area contributed by atoms with E-state index in [1.54, 1.807) is 6.07 Å². The predicted octanol–water partition coefficient (Wildman–Crippen LogP) is 8.01. The minimum absolute atomic E-state index is 0.247. The molecule has 2 rings (SSSR count). The lowest BCUT2D eigenvalue weighted by Crippen LogP contribution is -2.17. The van der Waals surface area contributed by atoms with E-state index in [2.05, 4.69) is 23.9 Å². The zero-order chi connectivity index (χ0) is 23.0. The number of benzene rings is 2. The fourth-order valence-corrected chi connectivity index (χ4v) is 2.38. The number of aryl methyl sites for hydroxylation is 1. The first-order chi connectivity index (χ1) is 14.3. The van der Waals surface area contributed by atoms with Gasteiger partial charge in [0.05, 0.1) is 0 Å². The molecule has 1 amide bonds. The standard InChI is InChI=1S/C16H14F3NO2.C6H14.C2H6/c1-2-11-4-3-5-13(10-11)20-15(21)12-6-8-14(9-7-12)22-16(17,18)19;1-3-5-6-4-2;1-2/h3-10H,2H2,1H3,(H,20,21);3-6H2,1-2H3;1-2H3. The van der Waals surface area contributed by atoms with E-state index in [0.29, 0.717) is 5.69 Å². The fourth-order valence-electron chi connectivity index (χ4n) is 2.38. The van der Waals surface area contributed by atoms with E-state index in [9.17, 15) is 18.0 Å². The molecule has 0 fully saturated rings. The van der Waals surface area contributed by atoms with E-state index in [-0.39, 0.29) is 11.3 Å². The van der Waals surface area contributed by atoms with Crippen LogP contribution in [0.3, 0.4) is 0 Å². The maximum Gasteiger partial charge on any atom is 0.573 e. The van der Waals surface area contributed by atoms with Gasteiger partial charge < -0.3 is 10.1 Å². The molecule has 0 aliphatic rings. The molecule has 3 nitrogen and oxygen atoms in total. The van der Waals surface area contributed by atoms with E-state index in [1.807, 2.05) is 39.0 Å². The van der Waals surface area contributed by atoms with Gasteiger partial charge in [0.1, 0.15) is 5.75 Å². The summed E-state index contributed by atoms with van der Waals surface area (Å²) < 4.78 is 39.9. The number of hydrogen-bond acceptors (Lipinski definition) is 2. The summed E-state index contributed by atoms with van der Waals surface area (Å²) in [6.07, 6.45) is 1.63. The van der Waals surface area contributed by atoms with Crippen LogP contribution in [0.1, 0.15) is 76.2 Å². The third-order valence-corrected chi connectivity index (χ3v) is 3.90. The summed E-state index contributed by atoms with van der Waals surface area (Å²) in [5.74, 6) is -0.760. The Balaban J connectivity index is 0.000000905. The zero-order valence-corrected chi connectivity index (χ0v) is 18.6. The number of unbranched alkanes of at least 4 members (excludes halogenated alkanes) is 3. The molecule has 0 heterocycles. The number of nitrogens with one attached hydrogen (secondary N) is 1. The molecule has 6 heteroatoms. The Morgan fingerprint density at radius 1 is 0.933 bits per heavy atom. The van der Waals surface area contributed by atoms with Gasteiger partial charge in [0.25, 0.3) is 5.91 Å². The van der Waals surface area contributed by atoms with Gasteiger partial charge >= 0.3 is 6.36 Å². The maximum absolute atomic E-state index is 12.1. The summed E-state index contributed by atoms with van der Waals surface area (Å²) in [6, 6.07) is 12.1. The SMILES string of the molecule is CC.CCCCCC.CCc1cccc(NC(=O)c2ccc(OC(F)(F)F)cc2)c1. The lowest BCUT2D eigenvalue weighted by molar-refractivity contribution is -0.274. The highest BCUT2D eigenvalue weighted by Gasteiger charge is 2.31. The Morgan fingerprint density at radius 2 is 1.50 bits per heavy atom. The van der Waals surface area contributed by atoms with Gasteiger partial charge in [0.15, 0.2) is 0 Å². The Labute approximate surface area is 178 Å². The van der Waals surface area contributed by atoms with Crippen molar-refractivity contribution < 1.29 is 22.7 Å². The van der Waals surface area contributed by atoms with E-state index in [1.165, 1.54) is 37.8 Å². The second-order valence-corrected chi connectivity index (χ2v) is 6.29. The Bertz CT molecular complexity index is 709. The minimum Gasteiger partial charge on any atom is -0.406 e. The highest BCUT2D eigenvalue weighted by Crippen LogP contribution is 2.23. The van der Waals surface area contributed by atoms with Crippen LogP contribution >= 0.6 is 0 Å². The van der Waals surface area contributed by atoms with Gasteiger partial charge in [-0.2, -0.15) is 0 Å². The Morgan fingerprint density at radius 3 is 1.97 bits per heavy atom. The van der Waals surface area contributed by atoms with Crippen molar-refractivity contribution in [2.45, 2.75) is 73.1 Å². The molecule has 2 aromatic carbocycles. The number of alkyl halides is 3. The highest BCUT2D eigenvalue weighted by atomic mass is 19.4. The van der Waals surface area contributed by atoms with Gasteiger partial charge in [-0.3, -0.25) is 4.79 Å². The van der Waals surface area contributed by atoms with Crippen LogP contribution in [0, 0.1) is 0 Å². The normalized spacial score (nSPS) is 10.1. The molecule has 0 radical (unpaired) electrons. The predicted molar refractivity (Wildman–Crippen MR) is 118 cm³/mol. The van der Waals surface area contributed by atoms with Crippen molar-refractivity contribution in [1.29, 1.82) is 0 Å². The third kappa shape index (κ3) is 12.1. The van der Waals surface area contributed by atoms with Crippen LogP contribution in [0.25, 0.3) is 0 Å². The average Bonchev–Trinajstić information content (AvgIpc) is 2.73. The molecule has 0 atom stereocenters. The lowest BCUT2D eigenvalue weighted by atomic mass is 10.1. The monoisotopic (exact) mass is 425 g/mol. The molecule has 0 aliphatic heterocycles. The number of carbonyl (C=O) groups excluding carboxylic acids is 1. The number of amides is 1. The van der Waals surface area contributed by atoms with Gasteiger partial charge in [-0.15, -0.1) is 13.2 Å². The van der Waals surface area contributed by atoms with Crippen LogP contribution in [0.4, 0.5) is 18.9 Å². The van der Waals surface area contributed by atoms with Crippen molar-refractivity contribution in [3.05, 3.63) is 59.7 Å². The molecule has 0 aromatic heterocycles. The second-order valence-electron chi connectivity index (χ2n) is 6.29. The summed E-state index contributed by atoms with van der Waals surface area (Å²) in [4.78, 5) is 12.0. The largest absolute Gasteiger partial charge is 0.573 e. The Hall–Kier alpha value is -2.50. The number of hydrogen-bond donors (Lipinski definition) is 1. The minimum atomic E-state index is -4.75. The van der Waals surface area contributed by atoms with E-state index in [4.69, 9.17) is 0 Å². The topological polar surface area (TPSA) is 38.3 Å². The molecular weight excluding hydrogens is 391 g/mol. The molecule has 0 saturated carbocycles. The second kappa shape index (κ2) is 15.4. The van der Waals surface area contributed by atoms with Gasteiger partial charge in [0.2, 0.25) is 0 Å². The van der Waals surface area contributed by atoms with Crippen LogP contribution in [-0.4, -0.2) is 12.3 Å². The van der Waals surface area contributed by atoms with Crippen LogP contribution in [0.5, 0.6) is 5.75 Å². The first-order valence-electron chi connectivity index (χ1n) is 10.5. The molecular formula is C24H34F3NO2. The van der Waals surface area contributed by atoms with E-state index in [0.717, 1.165) is 24.1 Å². The summed E-state index contributed by atoms with van der Waals surface area (Å²) in [7, 11) is 0. The number of halogens is 3. The first kappa shape index (κ1) is 27.5. The molecule has 1 N–H and O–H groups in total. The summed E-state index contributed by atoms with van der Waals surface area (Å²) in [5, 5.41) is 2.70. The van der Waals surface area contributed by atoms with E-state index < -0.39 is 12.3 Å². The average molecular weight is 426 g/mol. The summed E-state index contributed by atoms with van der Waals surface area (Å²) in [5.41, 5.74) is 1.96. The van der Waals surface area contributed by atoms with Gasteiger partial charge in [-0.25, -0.2) is 0 Å². The van der Waals surface area contributed by atoms with Gasteiger partial charge in [-0.1, -0.05) is 72.4 Å².